The Bertz CT molecular complexity index is 6420. The smallest absolute Gasteiger partial charge is 0.252 e. The molecule has 0 aliphatic carbocycles. The van der Waals surface area contributed by atoms with Crippen molar-refractivity contribution in [3.8, 4) is 94.7 Å². The molecule has 0 N–H and O–H groups in total. The van der Waals surface area contributed by atoms with Gasteiger partial charge in [0.2, 0.25) is 0 Å². The molecule has 2 aromatic heterocycles. The largest absolute Gasteiger partial charge is 0.311 e. The summed E-state index contributed by atoms with van der Waals surface area (Å²) in [5.74, 6) is 0. The number of thiophene rings is 1. The molecule has 5 heteroatoms. The first-order valence-corrected chi connectivity index (χ1v) is 39.0. The summed E-state index contributed by atoms with van der Waals surface area (Å²) in [4.78, 5) is 5.31. The number of rotatable bonds is 11. The third kappa shape index (κ3) is 11.2. The van der Waals surface area contributed by atoms with E-state index < -0.39 is 0 Å². The van der Waals surface area contributed by atoms with Crippen LogP contribution in [0, 0.1) is 0 Å². The Kier molecular flexibility index (Phi) is 15.7. The van der Waals surface area contributed by atoms with E-state index in [1.54, 1.807) is 0 Å². The molecule has 18 aromatic rings. The van der Waals surface area contributed by atoms with Gasteiger partial charge in [0.05, 0.1) is 22.4 Å². The molecule has 0 unspecified atom stereocenters. The van der Waals surface area contributed by atoms with Crippen LogP contribution in [0.3, 0.4) is 0 Å². The van der Waals surface area contributed by atoms with Crippen molar-refractivity contribution < 1.29 is 0 Å². The number of benzene rings is 16. The third-order valence-electron chi connectivity index (χ3n) is 22.9. The molecule has 0 amide bonds. The highest BCUT2D eigenvalue weighted by Gasteiger charge is 2.45. The Balaban J connectivity index is 0.942. The predicted octanol–water partition coefficient (Wildman–Crippen LogP) is 27.2. The number of aromatic nitrogens is 1. The Hall–Kier alpha value is -12.8. The molecule has 0 saturated heterocycles. The van der Waals surface area contributed by atoms with Crippen LogP contribution in [-0.2, 0) is 10.8 Å². The van der Waals surface area contributed by atoms with Crippen LogP contribution >= 0.6 is 11.3 Å². The van der Waals surface area contributed by atoms with E-state index in [1.165, 1.54) is 86.2 Å². The minimum Gasteiger partial charge on any atom is -0.311 e. The monoisotopic (exact) mass is 1410 g/mol. The minimum absolute atomic E-state index is 0.110. The van der Waals surface area contributed by atoms with E-state index in [4.69, 9.17) is 0 Å². The van der Waals surface area contributed by atoms with E-state index in [1.807, 2.05) is 11.3 Å². The first-order valence-electron chi connectivity index (χ1n) is 38.1. The van der Waals surface area contributed by atoms with Crippen molar-refractivity contribution in [3.63, 3.8) is 0 Å². The molecule has 2 aliphatic heterocycles. The zero-order valence-corrected chi connectivity index (χ0v) is 62.8. The molecular weight excluding hydrogens is 1330 g/mol. The van der Waals surface area contributed by atoms with Gasteiger partial charge in [0.15, 0.2) is 0 Å². The Morgan fingerprint density at radius 3 is 1.27 bits per heavy atom. The molecule has 109 heavy (non-hydrogen) atoms. The van der Waals surface area contributed by atoms with Crippen LogP contribution in [0.2, 0.25) is 0 Å². The van der Waals surface area contributed by atoms with Crippen LogP contribution in [0.4, 0.5) is 34.1 Å². The van der Waals surface area contributed by atoms with Crippen molar-refractivity contribution in [1.29, 1.82) is 0 Å². The molecule has 0 atom stereocenters. The minimum atomic E-state index is -0.283. The topological polar surface area (TPSA) is 11.4 Å². The molecule has 0 radical (unpaired) electrons. The average molecular weight is 1410 g/mol. The van der Waals surface area contributed by atoms with Gasteiger partial charge in [0.25, 0.3) is 6.71 Å². The summed E-state index contributed by atoms with van der Waals surface area (Å²) >= 11 is 1.88. The molecule has 3 nitrogen and oxygen atoms in total. The Morgan fingerprint density at radius 2 is 0.706 bits per heavy atom. The van der Waals surface area contributed by atoms with Crippen LogP contribution < -0.4 is 26.2 Å². The lowest BCUT2D eigenvalue weighted by molar-refractivity contribution is 0.591. The second-order valence-electron chi connectivity index (χ2n) is 31.6. The predicted molar refractivity (Wildman–Crippen MR) is 469 cm³/mol. The van der Waals surface area contributed by atoms with Gasteiger partial charge in [0, 0.05) is 76.1 Å². The summed E-state index contributed by atoms with van der Waals surface area (Å²) in [5, 5.41) is 5.05. The highest BCUT2D eigenvalue weighted by atomic mass is 32.1. The van der Waals surface area contributed by atoms with Crippen LogP contribution in [0.1, 0.15) is 52.7 Å². The second-order valence-corrected chi connectivity index (χ2v) is 32.6. The quantitative estimate of drug-likeness (QED) is 0.120. The lowest BCUT2D eigenvalue weighted by atomic mass is 9.33. The molecule has 4 heterocycles. The van der Waals surface area contributed by atoms with Crippen molar-refractivity contribution in [2.75, 3.05) is 9.80 Å². The van der Waals surface area contributed by atoms with E-state index in [9.17, 15) is 0 Å². The van der Waals surface area contributed by atoms with Gasteiger partial charge >= 0.3 is 0 Å². The van der Waals surface area contributed by atoms with Crippen LogP contribution in [0.15, 0.2) is 364 Å². The molecule has 0 spiro atoms. The first kappa shape index (κ1) is 65.7. The fraction of sp³-hybridized carbons (Fsp3) is 0.0769. The van der Waals surface area contributed by atoms with E-state index in [-0.39, 0.29) is 17.5 Å². The summed E-state index contributed by atoms with van der Waals surface area (Å²) in [6.45, 7) is 13.8. The van der Waals surface area contributed by atoms with Crippen LogP contribution in [0.5, 0.6) is 0 Å². The summed E-state index contributed by atoms with van der Waals surface area (Å²) in [5.41, 5.74) is 34.6. The lowest BCUT2D eigenvalue weighted by Crippen LogP contribution is -2.61. The van der Waals surface area contributed by atoms with Crippen LogP contribution in [0.25, 0.3) is 137 Å². The average Bonchev–Trinajstić information content (AvgIpc) is 1.46. The molecule has 0 bridgehead atoms. The van der Waals surface area contributed by atoms with Crippen molar-refractivity contribution in [1.82, 2.24) is 4.57 Å². The molecule has 2 aliphatic rings. The zero-order chi connectivity index (χ0) is 73.2. The summed E-state index contributed by atoms with van der Waals surface area (Å²) in [6.07, 6.45) is 0. The van der Waals surface area contributed by atoms with Crippen molar-refractivity contribution in [3.05, 3.63) is 375 Å². The maximum atomic E-state index is 2.68. The van der Waals surface area contributed by atoms with Gasteiger partial charge in [-0.25, -0.2) is 0 Å². The number of hydrogen-bond donors (Lipinski definition) is 0. The van der Waals surface area contributed by atoms with E-state index >= 15 is 0 Å². The SMILES string of the molecule is CC(C)(C)c1ccc2c3ccc(C(C)(C)C)cc3n(-c3cccc(-c4ccc5c(c4)sc4ccccc45)c3-c3ccc4c(c3)B3c5ccc(-c6ccccc6)cc5N(c5c(-c6ccccc6)cccc5-c5ccccc5)c5cc(-c6ccccc6)cc(c53)N4c3cc(-c4ccccc4)cc(-c4ccccc4)c3)c2c1. The maximum Gasteiger partial charge on any atom is 0.252 e. The maximum absolute atomic E-state index is 2.68. The number of para-hydroxylation sites is 1. The number of anilines is 6. The normalized spacial score (nSPS) is 12.6. The summed E-state index contributed by atoms with van der Waals surface area (Å²) in [6, 6.07) is 138. The molecule has 0 saturated carbocycles. The van der Waals surface area contributed by atoms with Gasteiger partial charge in [-0.05, 0) is 183 Å². The van der Waals surface area contributed by atoms with Gasteiger partial charge in [-0.15, -0.1) is 11.3 Å². The molecule has 0 fully saturated rings. The third-order valence-corrected chi connectivity index (χ3v) is 24.0. The zero-order valence-electron chi connectivity index (χ0n) is 62.0. The second kappa shape index (κ2) is 26.0. The summed E-state index contributed by atoms with van der Waals surface area (Å²) in [7, 11) is 0. The van der Waals surface area contributed by atoms with E-state index in [0.717, 1.165) is 112 Å². The molecular formula is C104H78BN3S. The van der Waals surface area contributed by atoms with Crippen molar-refractivity contribution in [2.45, 2.75) is 52.4 Å². The van der Waals surface area contributed by atoms with Gasteiger partial charge in [-0.2, -0.15) is 0 Å². The van der Waals surface area contributed by atoms with Gasteiger partial charge < -0.3 is 14.4 Å². The number of fused-ring (bicyclic) bond motifs is 10. The number of hydrogen-bond acceptors (Lipinski definition) is 3. The molecule has 16 aromatic carbocycles. The highest BCUT2D eigenvalue weighted by molar-refractivity contribution is 7.25. The Labute approximate surface area is 642 Å². The van der Waals surface area contributed by atoms with Crippen molar-refractivity contribution in [2.24, 2.45) is 0 Å². The molecule has 20 rings (SSSR count). The van der Waals surface area contributed by atoms with Gasteiger partial charge in [-0.3, -0.25) is 0 Å². The van der Waals surface area contributed by atoms with E-state index in [0.29, 0.717) is 0 Å². The Morgan fingerprint density at radius 1 is 0.257 bits per heavy atom. The van der Waals surface area contributed by atoms with E-state index in [2.05, 4.69) is 420 Å². The summed E-state index contributed by atoms with van der Waals surface area (Å²) < 4.78 is 5.19. The van der Waals surface area contributed by atoms with Crippen molar-refractivity contribution >= 4 is 111 Å². The standard InChI is InChI=1S/C104H78BN3S/c1-103(2,3)79-50-53-85-86-54-51-80(104(4,5)6)66-94(86)107(93(85)65-79)92-45-28-42-82(74-47-52-88-87-41-25-26-46-98(87)109-99(88)64-74)100(92)75-49-56-91-90(60-75)105-89-55-48-73(67-29-13-7-14-30-67)61-95(89)108(102-83(71-37-21-11-22-38-71)43-27-44-84(102)72-39-23-12-24-40-72)97-63-78(70-35-19-10-20-36-70)62-96(101(97)105)106(91)81-58-76(68-31-15-8-16-32-68)57-77(59-81)69-33-17-9-18-34-69/h7-66H,1-6H3. The van der Waals surface area contributed by atoms with Crippen LogP contribution in [-0.4, -0.2) is 11.3 Å². The van der Waals surface area contributed by atoms with Gasteiger partial charge in [0.1, 0.15) is 0 Å². The lowest BCUT2D eigenvalue weighted by Gasteiger charge is -2.45. The van der Waals surface area contributed by atoms with Gasteiger partial charge in [-0.1, -0.05) is 333 Å². The number of nitrogens with zero attached hydrogens (tertiary/aromatic N) is 3. The molecule has 518 valence electrons. The first-order chi connectivity index (χ1) is 53.3. The highest BCUT2D eigenvalue weighted by Crippen LogP contribution is 2.54. The fourth-order valence-electron chi connectivity index (χ4n) is 17.5. The fourth-order valence-corrected chi connectivity index (χ4v) is 18.6.